The van der Waals surface area contributed by atoms with Gasteiger partial charge in [0, 0.05) is 25.6 Å². The van der Waals surface area contributed by atoms with Crippen molar-refractivity contribution in [3.8, 4) is 17.6 Å². The van der Waals surface area contributed by atoms with Gasteiger partial charge in [0.25, 0.3) is 5.91 Å². The SMILES string of the molecule is CC#CCCCOc1cccc(CNC(=O)c2cc(CC)nn2C)c1F. The van der Waals surface area contributed by atoms with E-state index in [0.717, 1.165) is 25.0 Å². The van der Waals surface area contributed by atoms with E-state index in [4.69, 9.17) is 4.74 Å². The highest BCUT2D eigenvalue weighted by atomic mass is 19.1. The van der Waals surface area contributed by atoms with Crippen LogP contribution in [0.15, 0.2) is 24.3 Å². The van der Waals surface area contributed by atoms with Gasteiger partial charge in [-0.05, 0) is 31.9 Å². The number of benzene rings is 1. The summed E-state index contributed by atoms with van der Waals surface area (Å²) in [6, 6.07) is 6.67. The molecule has 2 aromatic rings. The van der Waals surface area contributed by atoms with Gasteiger partial charge in [0.2, 0.25) is 0 Å². The van der Waals surface area contributed by atoms with Gasteiger partial charge in [-0.25, -0.2) is 4.39 Å². The molecule has 0 atom stereocenters. The van der Waals surface area contributed by atoms with Crippen LogP contribution in [0.25, 0.3) is 0 Å². The van der Waals surface area contributed by atoms with Crippen LogP contribution in [-0.4, -0.2) is 22.3 Å². The average molecular weight is 357 g/mol. The van der Waals surface area contributed by atoms with E-state index in [1.54, 1.807) is 38.2 Å². The normalized spacial score (nSPS) is 10.2. The first-order valence-electron chi connectivity index (χ1n) is 8.67. The molecule has 1 amide bonds. The second-order valence-corrected chi connectivity index (χ2v) is 5.79. The Bertz CT molecular complexity index is 818. The van der Waals surface area contributed by atoms with Gasteiger partial charge >= 0.3 is 0 Å². The van der Waals surface area contributed by atoms with Gasteiger partial charge in [-0.15, -0.1) is 11.8 Å². The second-order valence-electron chi connectivity index (χ2n) is 5.79. The molecular formula is C20H24FN3O2. The number of carbonyl (C=O) groups is 1. The minimum absolute atomic E-state index is 0.0792. The van der Waals surface area contributed by atoms with Crippen LogP contribution < -0.4 is 10.1 Å². The van der Waals surface area contributed by atoms with E-state index in [1.165, 1.54) is 4.68 Å². The highest BCUT2D eigenvalue weighted by Crippen LogP contribution is 2.21. The minimum Gasteiger partial charge on any atom is -0.490 e. The first-order valence-corrected chi connectivity index (χ1v) is 8.67. The van der Waals surface area contributed by atoms with Crippen molar-refractivity contribution in [1.29, 1.82) is 0 Å². The summed E-state index contributed by atoms with van der Waals surface area (Å²) in [4.78, 5) is 12.3. The smallest absolute Gasteiger partial charge is 0.269 e. The molecule has 0 aliphatic carbocycles. The Kier molecular flexibility index (Phi) is 7.22. The maximum atomic E-state index is 14.5. The van der Waals surface area contributed by atoms with Crippen LogP contribution in [0.3, 0.4) is 0 Å². The van der Waals surface area contributed by atoms with Gasteiger partial charge in [-0.1, -0.05) is 19.1 Å². The number of rotatable bonds is 8. The molecule has 0 unspecified atom stereocenters. The Labute approximate surface area is 153 Å². The lowest BCUT2D eigenvalue weighted by Gasteiger charge is -2.11. The number of nitrogens with one attached hydrogen (secondary N) is 1. The topological polar surface area (TPSA) is 56.1 Å². The van der Waals surface area contributed by atoms with E-state index in [0.29, 0.717) is 17.9 Å². The standard InChI is InChI=1S/C20H24FN3O2/c1-4-6-7-8-12-26-18-11-9-10-15(19(18)21)14-22-20(25)17-13-16(5-2)23-24(17)3/h9-11,13H,5,7-8,12,14H2,1-3H3,(H,22,25). The van der Waals surface area contributed by atoms with Crippen LogP contribution in [0.2, 0.25) is 0 Å². The molecule has 0 aliphatic rings. The second kappa shape index (κ2) is 9.62. The molecular weight excluding hydrogens is 333 g/mol. The van der Waals surface area contributed by atoms with Crippen molar-refractivity contribution in [2.45, 2.75) is 39.7 Å². The first kappa shape index (κ1) is 19.5. The van der Waals surface area contributed by atoms with Crippen LogP contribution in [-0.2, 0) is 20.0 Å². The van der Waals surface area contributed by atoms with Crippen LogP contribution >= 0.6 is 0 Å². The molecule has 138 valence electrons. The van der Waals surface area contributed by atoms with Crippen molar-refractivity contribution in [3.63, 3.8) is 0 Å². The number of aromatic nitrogens is 2. The summed E-state index contributed by atoms with van der Waals surface area (Å²) < 4.78 is 21.5. The van der Waals surface area contributed by atoms with E-state index in [2.05, 4.69) is 22.3 Å². The van der Waals surface area contributed by atoms with Gasteiger partial charge in [-0.2, -0.15) is 5.10 Å². The molecule has 5 nitrogen and oxygen atoms in total. The number of hydrogen-bond donors (Lipinski definition) is 1. The number of aryl methyl sites for hydroxylation is 2. The molecule has 1 aromatic heterocycles. The molecule has 26 heavy (non-hydrogen) atoms. The summed E-state index contributed by atoms with van der Waals surface area (Å²) in [6.45, 7) is 4.23. The number of hydrogen-bond acceptors (Lipinski definition) is 3. The van der Waals surface area contributed by atoms with Gasteiger partial charge < -0.3 is 10.1 Å². The van der Waals surface area contributed by atoms with E-state index >= 15 is 0 Å². The number of nitrogens with zero attached hydrogens (tertiary/aromatic N) is 2. The third-order valence-corrected chi connectivity index (χ3v) is 3.89. The molecule has 0 fully saturated rings. The van der Waals surface area contributed by atoms with Gasteiger partial charge in [0.1, 0.15) is 5.69 Å². The van der Waals surface area contributed by atoms with Crippen molar-refractivity contribution < 1.29 is 13.9 Å². The molecule has 0 saturated carbocycles. The number of amides is 1. The third kappa shape index (κ3) is 5.09. The van der Waals surface area contributed by atoms with E-state index in [9.17, 15) is 9.18 Å². The number of carbonyl (C=O) groups excluding carboxylic acids is 1. The Morgan fingerprint density at radius 2 is 2.23 bits per heavy atom. The Morgan fingerprint density at radius 1 is 1.42 bits per heavy atom. The highest BCUT2D eigenvalue weighted by molar-refractivity contribution is 5.92. The van der Waals surface area contributed by atoms with Gasteiger partial charge in [0.05, 0.1) is 12.3 Å². The summed E-state index contributed by atoms with van der Waals surface area (Å²) in [5.41, 5.74) is 1.67. The molecule has 0 bridgehead atoms. The lowest BCUT2D eigenvalue weighted by Crippen LogP contribution is -2.25. The van der Waals surface area contributed by atoms with E-state index in [-0.39, 0.29) is 18.2 Å². The molecule has 0 aliphatic heterocycles. The maximum Gasteiger partial charge on any atom is 0.269 e. The molecule has 1 aromatic carbocycles. The zero-order chi connectivity index (χ0) is 18.9. The minimum atomic E-state index is -0.450. The van der Waals surface area contributed by atoms with E-state index in [1.807, 2.05) is 6.92 Å². The Balaban J connectivity index is 1.96. The molecule has 2 rings (SSSR count). The van der Waals surface area contributed by atoms with Crippen molar-refractivity contribution >= 4 is 5.91 Å². The van der Waals surface area contributed by atoms with Crippen molar-refractivity contribution in [2.75, 3.05) is 6.61 Å². The first-order chi connectivity index (χ1) is 12.6. The van der Waals surface area contributed by atoms with Gasteiger partial charge in [-0.3, -0.25) is 9.48 Å². The fourth-order valence-electron chi connectivity index (χ4n) is 2.45. The molecule has 0 radical (unpaired) electrons. The predicted molar refractivity (Wildman–Crippen MR) is 98.3 cm³/mol. The van der Waals surface area contributed by atoms with Gasteiger partial charge in [0.15, 0.2) is 11.6 Å². The summed E-state index contributed by atoms with van der Waals surface area (Å²) in [7, 11) is 1.71. The van der Waals surface area contributed by atoms with Crippen LogP contribution in [0.4, 0.5) is 4.39 Å². The molecule has 1 heterocycles. The number of unbranched alkanes of at least 4 members (excludes halogenated alkanes) is 1. The van der Waals surface area contributed by atoms with Crippen LogP contribution in [0.5, 0.6) is 5.75 Å². The van der Waals surface area contributed by atoms with Crippen molar-refractivity contribution in [2.24, 2.45) is 7.05 Å². The van der Waals surface area contributed by atoms with Crippen molar-refractivity contribution in [1.82, 2.24) is 15.1 Å². The summed E-state index contributed by atoms with van der Waals surface area (Å²) in [5.74, 6) is 5.20. The zero-order valence-corrected chi connectivity index (χ0v) is 15.4. The monoisotopic (exact) mass is 357 g/mol. The molecule has 0 saturated heterocycles. The lowest BCUT2D eigenvalue weighted by atomic mass is 10.2. The average Bonchev–Trinajstić information content (AvgIpc) is 3.02. The number of ether oxygens (including phenoxy) is 1. The predicted octanol–water partition coefficient (Wildman–Crippen LogP) is 3.23. The van der Waals surface area contributed by atoms with Crippen LogP contribution in [0, 0.1) is 17.7 Å². The summed E-state index contributed by atoms with van der Waals surface area (Å²) in [6.07, 6.45) is 2.21. The molecule has 6 heteroatoms. The van der Waals surface area contributed by atoms with E-state index < -0.39 is 5.82 Å². The largest absolute Gasteiger partial charge is 0.490 e. The quantitative estimate of drug-likeness (QED) is 0.583. The fraction of sp³-hybridized carbons (Fsp3) is 0.400. The molecule has 0 spiro atoms. The zero-order valence-electron chi connectivity index (χ0n) is 15.4. The summed E-state index contributed by atoms with van der Waals surface area (Å²) >= 11 is 0. The Hall–Kier alpha value is -2.81. The van der Waals surface area contributed by atoms with Crippen LogP contribution in [0.1, 0.15) is 48.4 Å². The van der Waals surface area contributed by atoms with Crippen molar-refractivity contribution in [3.05, 3.63) is 47.0 Å². The molecule has 1 N–H and O–H groups in total. The lowest BCUT2D eigenvalue weighted by molar-refractivity contribution is 0.0941. The number of halogens is 1. The maximum absolute atomic E-state index is 14.5. The third-order valence-electron chi connectivity index (χ3n) is 3.89. The fourth-order valence-corrected chi connectivity index (χ4v) is 2.45. The summed E-state index contributed by atoms with van der Waals surface area (Å²) in [5, 5.41) is 6.98. The Morgan fingerprint density at radius 3 is 2.92 bits per heavy atom. The highest BCUT2D eigenvalue weighted by Gasteiger charge is 2.14.